The van der Waals surface area contributed by atoms with Crippen LogP contribution in [0.15, 0.2) is 34.0 Å². The van der Waals surface area contributed by atoms with Gasteiger partial charge in [-0.2, -0.15) is 0 Å². The Kier molecular flexibility index (Phi) is 7.48. The van der Waals surface area contributed by atoms with Gasteiger partial charge in [-0.05, 0) is 20.9 Å². The summed E-state index contributed by atoms with van der Waals surface area (Å²) in [6.07, 6.45) is 4.13. The van der Waals surface area contributed by atoms with Crippen molar-refractivity contribution in [3.63, 3.8) is 0 Å². The van der Waals surface area contributed by atoms with Crippen molar-refractivity contribution < 1.29 is 21.5 Å². The van der Waals surface area contributed by atoms with E-state index in [1.165, 1.54) is 5.69 Å². The van der Waals surface area contributed by atoms with Crippen LogP contribution in [0.25, 0.3) is 0 Å². The molecular weight excluding hydrogens is 388 g/mol. The maximum atomic E-state index is 3.44. The van der Waals surface area contributed by atoms with Crippen molar-refractivity contribution in [2.45, 2.75) is 6.54 Å². The van der Waals surface area contributed by atoms with Crippen LogP contribution in [0.4, 0.5) is 5.69 Å². The highest BCUT2D eigenvalue weighted by molar-refractivity contribution is 9.14. The number of hydrogen-bond acceptors (Lipinski definition) is 1. The highest BCUT2D eigenvalue weighted by Gasteiger charge is 2.03. The summed E-state index contributed by atoms with van der Waals surface area (Å²) in [4.78, 5) is 3.96. The molecule has 0 aromatic carbocycles. The van der Waals surface area contributed by atoms with Gasteiger partial charge in [0, 0.05) is 31.9 Å². The van der Waals surface area contributed by atoms with E-state index in [-0.39, 0.29) is 17.0 Å². The lowest BCUT2D eigenvalue weighted by molar-refractivity contribution is -0.687. The van der Waals surface area contributed by atoms with Crippen molar-refractivity contribution in [2.24, 2.45) is 0 Å². The second-order valence-electron chi connectivity index (χ2n) is 3.18. The Balaban J connectivity index is 0.00000196. The smallest absolute Gasteiger partial charge is 0.180 e. The molecule has 5 heteroatoms. The molecule has 0 N–H and O–H groups in total. The van der Waals surface area contributed by atoms with E-state index in [0.717, 1.165) is 11.0 Å². The fourth-order valence-corrected chi connectivity index (χ4v) is 1.50. The summed E-state index contributed by atoms with van der Waals surface area (Å²) in [5.41, 5.74) is 1.21. The summed E-state index contributed by atoms with van der Waals surface area (Å²) < 4.78 is 3.22. The van der Waals surface area contributed by atoms with Crippen molar-refractivity contribution >= 4 is 37.5 Å². The molecule has 0 saturated heterocycles. The summed E-state index contributed by atoms with van der Waals surface area (Å²) in [6, 6.07) is 4.18. The lowest BCUT2D eigenvalue weighted by atomic mass is 10.4. The van der Waals surface area contributed by atoms with Gasteiger partial charge in [0.2, 0.25) is 0 Å². The largest absolute Gasteiger partial charge is 1.00 e. The Hall–Kier alpha value is 0.130. The fraction of sp³-hybridized carbons (Fsp3) is 0.300. The summed E-state index contributed by atoms with van der Waals surface area (Å²) in [5.74, 6) is 0. The molecule has 0 aliphatic carbocycles. The first-order chi connectivity index (χ1) is 6.63. The maximum absolute atomic E-state index is 3.44. The zero-order chi connectivity index (χ0) is 10.6. The third-order valence-electron chi connectivity index (χ3n) is 1.84. The predicted octanol–water partition coefficient (Wildman–Crippen LogP) is -0.325. The Labute approximate surface area is 118 Å². The fourth-order valence-electron chi connectivity index (χ4n) is 1.06. The molecule has 84 valence electrons. The summed E-state index contributed by atoms with van der Waals surface area (Å²) in [5, 5.41) is 0. The average molecular weight is 401 g/mol. The molecule has 0 aliphatic heterocycles. The molecule has 0 amide bonds. The first kappa shape index (κ1) is 15.1. The van der Waals surface area contributed by atoms with Crippen LogP contribution in [0, 0.1) is 0 Å². The SMILES string of the molecule is CN(C)c1cc[n+](C/C(Br)=C\Br)cc1.[Br-]. The van der Waals surface area contributed by atoms with Crippen molar-refractivity contribution in [2.75, 3.05) is 19.0 Å². The highest BCUT2D eigenvalue weighted by atomic mass is 79.9. The molecule has 15 heavy (non-hydrogen) atoms. The summed E-state index contributed by atoms with van der Waals surface area (Å²) in [7, 11) is 4.07. The molecule has 2 nitrogen and oxygen atoms in total. The molecule has 1 heterocycles. The van der Waals surface area contributed by atoms with Gasteiger partial charge in [-0.15, -0.1) is 0 Å². The van der Waals surface area contributed by atoms with Crippen LogP contribution in [-0.4, -0.2) is 14.1 Å². The van der Waals surface area contributed by atoms with Crippen molar-refractivity contribution in [3.8, 4) is 0 Å². The minimum Gasteiger partial charge on any atom is -1.00 e. The van der Waals surface area contributed by atoms with Crippen LogP contribution in [0.3, 0.4) is 0 Å². The number of rotatable bonds is 3. The molecule has 0 fully saturated rings. The van der Waals surface area contributed by atoms with Gasteiger partial charge in [0.1, 0.15) is 0 Å². The monoisotopic (exact) mass is 398 g/mol. The number of allylic oxidation sites excluding steroid dienone is 1. The maximum Gasteiger partial charge on any atom is 0.180 e. The van der Waals surface area contributed by atoms with E-state index in [2.05, 4.69) is 65.9 Å². The van der Waals surface area contributed by atoms with E-state index in [1.54, 1.807) is 0 Å². The second-order valence-corrected chi connectivity index (χ2v) is 4.66. The average Bonchev–Trinajstić information content (AvgIpc) is 2.18. The van der Waals surface area contributed by atoms with Crippen LogP contribution in [0.5, 0.6) is 0 Å². The molecule has 0 atom stereocenters. The normalized spacial score (nSPS) is 10.8. The minimum absolute atomic E-state index is 0. The quantitative estimate of drug-likeness (QED) is 0.631. The molecule has 0 aliphatic rings. The third kappa shape index (κ3) is 5.13. The van der Waals surface area contributed by atoms with Crippen molar-refractivity contribution in [1.82, 2.24) is 0 Å². The lowest BCUT2D eigenvalue weighted by Crippen LogP contribution is -3.00. The highest BCUT2D eigenvalue weighted by Crippen LogP contribution is 2.09. The van der Waals surface area contributed by atoms with E-state index in [1.807, 2.05) is 19.1 Å². The zero-order valence-corrected chi connectivity index (χ0v) is 13.4. The molecule has 0 radical (unpaired) electrons. The standard InChI is InChI=1S/C10H13Br2N2.BrH/c1-13(2)10-3-5-14(6-4-10)8-9(12)7-11;/h3-7H,8H2,1-2H3;1H/q+1;/p-1/b9-7+;. The molecule has 1 rings (SSSR count). The Bertz CT molecular complexity index is 320. The van der Waals surface area contributed by atoms with Gasteiger partial charge in [-0.25, -0.2) is 4.57 Å². The van der Waals surface area contributed by atoms with Crippen LogP contribution in [0.2, 0.25) is 0 Å². The number of hydrogen-bond donors (Lipinski definition) is 0. The molecule has 0 saturated carbocycles. The van der Waals surface area contributed by atoms with Crippen LogP contribution < -0.4 is 26.4 Å². The van der Waals surface area contributed by atoms with E-state index in [0.29, 0.717) is 0 Å². The van der Waals surface area contributed by atoms with Crippen LogP contribution >= 0.6 is 31.9 Å². The van der Waals surface area contributed by atoms with Gasteiger partial charge in [0.05, 0.1) is 4.48 Å². The Morgan fingerprint density at radius 3 is 2.33 bits per heavy atom. The van der Waals surface area contributed by atoms with Gasteiger partial charge in [0.25, 0.3) is 0 Å². The van der Waals surface area contributed by atoms with E-state index in [9.17, 15) is 0 Å². The third-order valence-corrected chi connectivity index (χ3v) is 3.49. The molecule has 1 aromatic rings. The van der Waals surface area contributed by atoms with Gasteiger partial charge in [-0.3, -0.25) is 0 Å². The summed E-state index contributed by atoms with van der Waals surface area (Å²) in [6.45, 7) is 0.846. The Morgan fingerprint density at radius 1 is 1.40 bits per heavy atom. The van der Waals surface area contributed by atoms with Crippen LogP contribution in [-0.2, 0) is 6.54 Å². The van der Waals surface area contributed by atoms with Gasteiger partial charge < -0.3 is 21.9 Å². The van der Waals surface area contributed by atoms with Gasteiger partial charge in [0.15, 0.2) is 18.9 Å². The number of nitrogens with zero attached hydrogens (tertiary/aromatic N) is 2. The molecule has 1 aromatic heterocycles. The number of aromatic nitrogens is 1. The second kappa shape index (κ2) is 7.41. The summed E-state index contributed by atoms with van der Waals surface area (Å²) >= 11 is 6.72. The number of halogens is 3. The van der Waals surface area contributed by atoms with E-state index in [4.69, 9.17) is 0 Å². The lowest BCUT2D eigenvalue weighted by Gasteiger charge is -2.10. The molecule has 0 bridgehead atoms. The Morgan fingerprint density at radius 2 is 1.93 bits per heavy atom. The van der Waals surface area contributed by atoms with Crippen LogP contribution in [0.1, 0.15) is 0 Å². The van der Waals surface area contributed by atoms with E-state index < -0.39 is 0 Å². The topological polar surface area (TPSA) is 7.12 Å². The minimum atomic E-state index is 0. The molecular formula is C10H13Br3N2. The van der Waals surface area contributed by atoms with Gasteiger partial charge >= 0.3 is 0 Å². The van der Waals surface area contributed by atoms with Crippen molar-refractivity contribution in [1.29, 1.82) is 0 Å². The first-order valence-corrected chi connectivity index (χ1v) is 5.95. The van der Waals surface area contributed by atoms with Crippen molar-refractivity contribution in [3.05, 3.63) is 34.0 Å². The van der Waals surface area contributed by atoms with E-state index >= 15 is 0 Å². The molecule has 0 spiro atoms. The number of anilines is 1. The number of pyridine rings is 1. The zero-order valence-electron chi connectivity index (χ0n) is 8.62. The predicted molar refractivity (Wildman–Crippen MR) is 66.9 cm³/mol. The molecule has 0 unspecified atom stereocenters. The van der Waals surface area contributed by atoms with Gasteiger partial charge in [-0.1, -0.05) is 15.9 Å². The first-order valence-electron chi connectivity index (χ1n) is 4.24.